The minimum Gasteiger partial charge on any atom is -0.313 e. The Morgan fingerprint density at radius 2 is 1.95 bits per heavy atom. The summed E-state index contributed by atoms with van der Waals surface area (Å²) >= 11 is 3.52. The molecule has 2 atom stereocenters. The Morgan fingerprint density at radius 3 is 2.57 bits per heavy atom. The smallest absolute Gasteiger partial charge is 0.0195 e. The quantitative estimate of drug-likeness (QED) is 0.803. The minimum absolute atomic E-state index is 0.633. The van der Waals surface area contributed by atoms with Crippen LogP contribution >= 0.6 is 15.9 Å². The van der Waals surface area contributed by atoms with Crippen LogP contribution in [0.3, 0.4) is 0 Å². The lowest BCUT2D eigenvalue weighted by Gasteiger charge is -2.31. The molecule has 2 nitrogen and oxygen atoms in total. The second-order valence-corrected chi connectivity index (χ2v) is 7.79. The van der Waals surface area contributed by atoms with E-state index in [2.05, 4.69) is 57.3 Å². The highest BCUT2D eigenvalue weighted by Gasteiger charge is 2.28. The predicted octanol–water partition coefficient (Wildman–Crippen LogP) is 3.84. The fourth-order valence-corrected chi connectivity index (χ4v) is 3.62. The highest BCUT2D eigenvalue weighted by Crippen LogP contribution is 2.31. The van der Waals surface area contributed by atoms with Gasteiger partial charge in [0.15, 0.2) is 0 Å². The third kappa shape index (κ3) is 4.80. The van der Waals surface area contributed by atoms with Crippen LogP contribution in [0, 0.1) is 5.92 Å². The molecule has 1 saturated heterocycles. The van der Waals surface area contributed by atoms with E-state index in [0.29, 0.717) is 6.04 Å². The Kier molecular flexibility index (Phi) is 5.36. The molecule has 1 heterocycles. The zero-order chi connectivity index (χ0) is 14.7. The number of halogens is 1. The zero-order valence-electron chi connectivity index (χ0n) is 13.0. The second-order valence-electron chi connectivity index (χ2n) is 6.87. The molecule has 0 spiro atoms. The van der Waals surface area contributed by atoms with Crippen molar-refractivity contribution in [3.05, 3.63) is 34.3 Å². The SMILES string of the molecule is CC(Cc1ccc(Br)cc1)N(CC1CC1)CC1CCCN1. The molecule has 1 aliphatic heterocycles. The molecule has 1 N–H and O–H groups in total. The summed E-state index contributed by atoms with van der Waals surface area (Å²) in [6, 6.07) is 10.2. The van der Waals surface area contributed by atoms with Crippen molar-refractivity contribution in [3.63, 3.8) is 0 Å². The molecule has 3 heteroatoms. The van der Waals surface area contributed by atoms with Crippen molar-refractivity contribution in [2.24, 2.45) is 5.92 Å². The average molecular weight is 351 g/mol. The van der Waals surface area contributed by atoms with Crippen LogP contribution in [-0.2, 0) is 6.42 Å². The van der Waals surface area contributed by atoms with Crippen LogP contribution in [0.1, 0.15) is 38.2 Å². The van der Waals surface area contributed by atoms with E-state index in [1.54, 1.807) is 0 Å². The molecule has 3 rings (SSSR count). The molecule has 2 aliphatic rings. The molecule has 21 heavy (non-hydrogen) atoms. The van der Waals surface area contributed by atoms with E-state index < -0.39 is 0 Å². The van der Waals surface area contributed by atoms with Crippen LogP contribution < -0.4 is 5.32 Å². The standard InChI is InChI=1S/C18H27BrN2/c1-14(11-15-6-8-17(19)9-7-15)21(12-16-4-5-16)13-18-3-2-10-20-18/h6-9,14,16,18,20H,2-5,10-13H2,1H3. The van der Waals surface area contributed by atoms with E-state index in [1.807, 2.05) is 0 Å². The van der Waals surface area contributed by atoms with E-state index >= 15 is 0 Å². The largest absolute Gasteiger partial charge is 0.313 e. The highest BCUT2D eigenvalue weighted by atomic mass is 79.9. The first-order valence-corrected chi connectivity index (χ1v) is 9.22. The van der Waals surface area contributed by atoms with Crippen molar-refractivity contribution in [2.75, 3.05) is 19.6 Å². The number of hydrogen-bond donors (Lipinski definition) is 1. The highest BCUT2D eigenvalue weighted by molar-refractivity contribution is 9.10. The Hall–Kier alpha value is -0.380. The molecular weight excluding hydrogens is 324 g/mol. The van der Waals surface area contributed by atoms with Gasteiger partial charge in [0.05, 0.1) is 0 Å². The van der Waals surface area contributed by atoms with Gasteiger partial charge < -0.3 is 5.32 Å². The van der Waals surface area contributed by atoms with Crippen molar-refractivity contribution < 1.29 is 0 Å². The third-order valence-corrected chi connectivity index (χ3v) is 5.40. The van der Waals surface area contributed by atoms with Crippen LogP contribution in [0.2, 0.25) is 0 Å². The lowest BCUT2D eigenvalue weighted by Crippen LogP contribution is -2.44. The van der Waals surface area contributed by atoms with Gasteiger partial charge in [-0.15, -0.1) is 0 Å². The molecule has 0 aromatic heterocycles. The van der Waals surface area contributed by atoms with E-state index in [9.17, 15) is 0 Å². The van der Waals surface area contributed by atoms with Gasteiger partial charge in [-0.05, 0) is 69.2 Å². The number of benzene rings is 1. The summed E-state index contributed by atoms with van der Waals surface area (Å²) in [5.41, 5.74) is 1.45. The van der Waals surface area contributed by atoms with Crippen LogP contribution in [0.4, 0.5) is 0 Å². The Balaban J connectivity index is 1.58. The number of hydrogen-bond acceptors (Lipinski definition) is 2. The normalized spacial score (nSPS) is 23.7. The number of nitrogens with one attached hydrogen (secondary N) is 1. The van der Waals surface area contributed by atoms with Gasteiger partial charge in [-0.2, -0.15) is 0 Å². The Morgan fingerprint density at radius 1 is 1.19 bits per heavy atom. The number of nitrogens with zero attached hydrogens (tertiary/aromatic N) is 1. The van der Waals surface area contributed by atoms with Crippen molar-refractivity contribution in [2.45, 2.75) is 51.1 Å². The van der Waals surface area contributed by atoms with Gasteiger partial charge in [-0.25, -0.2) is 0 Å². The summed E-state index contributed by atoms with van der Waals surface area (Å²) < 4.78 is 1.17. The molecule has 0 radical (unpaired) electrons. The van der Waals surface area contributed by atoms with Crippen LogP contribution in [0.25, 0.3) is 0 Å². The van der Waals surface area contributed by atoms with Crippen molar-refractivity contribution in [1.29, 1.82) is 0 Å². The average Bonchev–Trinajstić information content (AvgIpc) is 3.14. The first-order chi connectivity index (χ1) is 10.2. The van der Waals surface area contributed by atoms with Gasteiger partial charge in [0.25, 0.3) is 0 Å². The molecular formula is C18H27BrN2. The van der Waals surface area contributed by atoms with E-state index in [4.69, 9.17) is 0 Å². The molecule has 1 aromatic rings. The lowest BCUT2D eigenvalue weighted by atomic mass is 10.0. The zero-order valence-corrected chi connectivity index (χ0v) is 14.6. The minimum atomic E-state index is 0.633. The van der Waals surface area contributed by atoms with Gasteiger partial charge >= 0.3 is 0 Å². The fraction of sp³-hybridized carbons (Fsp3) is 0.667. The van der Waals surface area contributed by atoms with Crippen molar-refractivity contribution in [1.82, 2.24) is 10.2 Å². The summed E-state index contributed by atoms with van der Waals surface area (Å²) in [5, 5.41) is 3.66. The summed E-state index contributed by atoms with van der Waals surface area (Å²) in [4.78, 5) is 2.74. The molecule has 0 bridgehead atoms. The first-order valence-electron chi connectivity index (χ1n) is 8.42. The van der Waals surface area contributed by atoms with Gasteiger partial charge in [-0.1, -0.05) is 28.1 Å². The monoisotopic (exact) mass is 350 g/mol. The third-order valence-electron chi connectivity index (χ3n) is 4.87. The summed E-state index contributed by atoms with van der Waals surface area (Å²) in [6.07, 6.45) is 6.75. The van der Waals surface area contributed by atoms with Crippen LogP contribution in [0.5, 0.6) is 0 Å². The maximum absolute atomic E-state index is 3.66. The van der Waals surface area contributed by atoms with Gasteiger partial charge in [-0.3, -0.25) is 4.90 Å². The van der Waals surface area contributed by atoms with Gasteiger partial charge in [0, 0.05) is 29.6 Å². The van der Waals surface area contributed by atoms with E-state index in [0.717, 1.165) is 18.4 Å². The predicted molar refractivity (Wildman–Crippen MR) is 92.6 cm³/mol. The lowest BCUT2D eigenvalue weighted by molar-refractivity contribution is 0.182. The maximum Gasteiger partial charge on any atom is 0.0195 e. The molecule has 2 fully saturated rings. The van der Waals surface area contributed by atoms with Crippen LogP contribution in [-0.4, -0.2) is 36.6 Å². The Labute approximate surface area is 137 Å². The van der Waals surface area contributed by atoms with Crippen LogP contribution in [0.15, 0.2) is 28.7 Å². The Bertz CT molecular complexity index is 435. The van der Waals surface area contributed by atoms with E-state index in [1.165, 1.54) is 55.4 Å². The summed E-state index contributed by atoms with van der Waals surface area (Å²) in [6.45, 7) is 6.15. The van der Waals surface area contributed by atoms with Crippen molar-refractivity contribution >= 4 is 15.9 Å². The van der Waals surface area contributed by atoms with Gasteiger partial charge in [0.1, 0.15) is 0 Å². The molecule has 2 unspecified atom stereocenters. The van der Waals surface area contributed by atoms with Crippen molar-refractivity contribution in [3.8, 4) is 0 Å². The fourth-order valence-electron chi connectivity index (χ4n) is 3.35. The maximum atomic E-state index is 3.66. The molecule has 116 valence electrons. The molecule has 1 aliphatic carbocycles. The molecule has 1 aromatic carbocycles. The summed E-state index contributed by atoms with van der Waals surface area (Å²) in [5.74, 6) is 0.971. The first kappa shape index (κ1) is 15.5. The topological polar surface area (TPSA) is 15.3 Å². The molecule has 0 amide bonds. The van der Waals surface area contributed by atoms with E-state index in [-0.39, 0.29) is 0 Å². The second kappa shape index (κ2) is 7.26. The van der Waals surface area contributed by atoms with Gasteiger partial charge in [0.2, 0.25) is 0 Å². The number of rotatable bonds is 7. The summed E-state index contributed by atoms with van der Waals surface area (Å²) in [7, 11) is 0. The molecule has 1 saturated carbocycles.